The van der Waals surface area contributed by atoms with Crippen LogP contribution in [0.1, 0.15) is 168 Å². The molecule has 10 heteroatoms. The summed E-state index contributed by atoms with van der Waals surface area (Å²) in [5.74, 6) is -4.40. The van der Waals surface area contributed by atoms with Crippen molar-refractivity contribution in [3.05, 3.63) is 0 Å². The van der Waals surface area contributed by atoms with Crippen LogP contribution in [0.5, 0.6) is 0 Å². The zero-order valence-electron chi connectivity index (χ0n) is 29.0. The van der Waals surface area contributed by atoms with Gasteiger partial charge in [0.15, 0.2) is 0 Å². The van der Waals surface area contributed by atoms with E-state index in [-0.39, 0.29) is 85.0 Å². The second-order valence-electron chi connectivity index (χ2n) is 12.0. The molecule has 246 valence electrons. The predicted octanol–water partition coefficient (Wildman–Crippen LogP) is 1.32. The fourth-order valence-corrected chi connectivity index (χ4v) is 5.28. The molecule has 44 heavy (non-hydrogen) atoms. The monoisotopic (exact) mass is 640 g/mol. The van der Waals surface area contributed by atoms with Gasteiger partial charge in [0.2, 0.25) is 0 Å². The second-order valence-corrected chi connectivity index (χ2v) is 12.0. The van der Waals surface area contributed by atoms with Crippen molar-refractivity contribution >= 4 is 23.7 Å². The summed E-state index contributed by atoms with van der Waals surface area (Å²) in [4.78, 5) is 30.9. The molecular weight excluding hydrogens is 578 g/mol. The first kappa shape index (κ1) is 48.3. The minimum Gasteiger partial charge on any atom is -0.862 e. The first-order valence-electron chi connectivity index (χ1n) is 17.2. The Morgan fingerprint density at radius 3 is 1.00 bits per heavy atom. The van der Waals surface area contributed by atoms with Crippen LogP contribution in [0, 0.1) is 11.8 Å². The molecule has 0 rings (SSSR count). The Hall–Kier alpha value is -0.120. The predicted molar refractivity (Wildman–Crippen MR) is 169 cm³/mol. The minimum absolute atomic E-state index is 0. The molecule has 0 spiro atoms. The molecule has 0 saturated heterocycles. The molecule has 2 N–H and O–H groups in total. The van der Waals surface area contributed by atoms with Gasteiger partial charge in [0, 0.05) is 0 Å². The quantitative estimate of drug-likeness (QED) is 0.0506. The fraction of sp³-hybridized carbons (Fsp3) is 0.882. The number of hydrogen-bond donors (Lipinski definition) is 2. The van der Waals surface area contributed by atoms with Crippen LogP contribution in [-0.2, 0) is 9.59 Å². The maximum Gasteiger partial charge on any atom is 1.00 e. The molecule has 0 bridgehead atoms. The van der Waals surface area contributed by atoms with Crippen molar-refractivity contribution < 1.29 is 89.1 Å². The third-order valence-corrected chi connectivity index (χ3v) is 8.03. The van der Waals surface area contributed by atoms with Crippen LogP contribution in [-0.4, -0.2) is 47.0 Å². The molecule has 0 aromatic rings. The fourth-order valence-electron chi connectivity index (χ4n) is 5.28. The Labute approximate surface area is 313 Å². The molecule has 8 nitrogen and oxygen atoms in total. The van der Waals surface area contributed by atoms with Gasteiger partial charge in [0.25, 0.3) is 0 Å². The van der Waals surface area contributed by atoms with Crippen molar-refractivity contribution in [2.75, 3.05) is 13.1 Å². The maximum absolute atomic E-state index is 12.2. The number of rotatable bonds is 31. The summed E-state index contributed by atoms with van der Waals surface area (Å²) in [5, 5.41) is 43.3. The summed E-state index contributed by atoms with van der Waals surface area (Å²) < 4.78 is 0. The largest absolute Gasteiger partial charge is 1.00 e. The summed E-state index contributed by atoms with van der Waals surface area (Å²) in [6.45, 7) is 4.44. The van der Waals surface area contributed by atoms with Crippen LogP contribution in [0.2, 0.25) is 0 Å². The van der Waals surface area contributed by atoms with Gasteiger partial charge in [0.1, 0.15) is 0 Å². The third-order valence-electron chi connectivity index (χ3n) is 8.03. The van der Waals surface area contributed by atoms with E-state index in [0.29, 0.717) is 12.8 Å². The Bertz CT molecular complexity index is 677. The molecule has 0 saturated carbocycles. The Morgan fingerprint density at radius 2 is 0.750 bits per heavy atom. The molecule has 0 aliphatic carbocycles. The van der Waals surface area contributed by atoms with Gasteiger partial charge in [-0.25, -0.2) is 0 Å². The second kappa shape index (κ2) is 35.7. The average molecular weight is 641 g/mol. The van der Waals surface area contributed by atoms with E-state index in [9.17, 15) is 30.0 Å². The summed E-state index contributed by atoms with van der Waals surface area (Å²) in [6.07, 6.45) is 24.0. The van der Waals surface area contributed by atoms with E-state index in [2.05, 4.69) is 23.8 Å². The molecule has 0 heterocycles. The van der Waals surface area contributed by atoms with Crippen molar-refractivity contribution in [1.82, 2.24) is 0 Å². The van der Waals surface area contributed by atoms with Crippen LogP contribution < -0.4 is 69.3 Å². The van der Waals surface area contributed by atoms with Crippen molar-refractivity contribution in [3.8, 4) is 0 Å². The van der Waals surface area contributed by atoms with Gasteiger partial charge in [-0.3, -0.25) is 9.59 Å². The van der Waals surface area contributed by atoms with Crippen LogP contribution >= 0.6 is 0 Å². The van der Waals surface area contributed by atoms with Crippen molar-refractivity contribution in [2.24, 2.45) is 21.8 Å². The Kier molecular flexibility index (Phi) is 39.2. The van der Waals surface area contributed by atoms with Gasteiger partial charge >= 0.3 is 71.1 Å². The number of aliphatic carboxylic acids is 2. The first-order chi connectivity index (χ1) is 20.3. The van der Waals surface area contributed by atoms with E-state index < -0.39 is 35.6 Å². The molecule has 0 fully saturated rings. The number of nitrogens with zero attached hydrogens (tertiary/aromatic N) is 2. The number of carboxylic acid groups (broad SMARTS) is 2. The molecule has 0 aliphatic rings. The smallest absolute Gasteiger partial charge is 0.862 e. The van der Waals surface area contributed by atoms with Gasteiger partial charge in [0.05, 0.1) is 24.9 Å². The molecular formula is C34H62N2Na2O6. The Morgan fingerprint density at radius 1 is 0.500 bits per heavy atom. The minimum atomic E-state index is -0.975. The zero-order valence-corrected chi connectivity index (χ0v) is 33.0. The summed E-state index contributed by atoms with van der Waals surface area (Å²) in [7, 11) is 0. The van der Waals surface area contributed by atoms with Gasteiger partial charge < -0.3 is 30.4 Å². The number of carboxylic acids is 2. The molecule has 2 atom stereocenters. The molecule has 0 amide bonds. The molecule has 0 aliphatic heterocycles. The maximum atomic E-state index is 12.2. The molecule has 2 unspecified atom stereocenters. The van der Waals surface area contributed by atoms with E-state index in [1.807, 2.05) is 0 Å². The zero-order chi connectivity index (χ0) is 31.3. The Balaban J connectivity index is -0.00000840. The van der Waals surface area contributed by atoms with Crippen molar-refractivity contribution in [2.45, 2.75) is 168 Å². The normalized spacial score (nSPS) is 13.1. The molecule has 0 aromatic carbocycles. The van der Waals surface area contributed by atoms with Crippen LogP contribution in [0.15, 0.2) is 9.98 Å². The number of hydrogen-bond acceptors (Lipinski definition) is 6. The number of unbranched alkanes of at least 4 members (excludes halogenated alkanes) is 18. The van der Waals surface area contributed by atoms with Crippen molar-refractivity contribution in [3.63, 3.8) is 0 Å². The number of aliphatic imine (C=N–C) groups is 2. The van der Waals surface area contributed by atoms with Crippen molar-refractivity contribution in [1.29, 1.82) is 0 Å². The van der Waals surface area contributed by atoms with E-state index in [1.165, 1.54) is 89.9 Å². The van der Waals surface area contributed by atoms with E-state index in [0.717, 1.165) is 38.5 Å². The standard InChI is InChI=1S/C34H64N2O6.2Na/c1-3-5-7-9-11-13-15-17-19-21-23-29(33(39)40)27-31(37)35-25-26-36-32(38)28-30(34(41)42)24-22-20-18-16-14-12-10-8-6-4-2;;/h29-30H,3-28H2,1-2H3,(H,35,37)(H,36,38)(H,39,40)(H,41,42);;/q;2*+1/p-2. The average Bonchev–Trinajstić information content (AvgIpc) is 2.95. The van der Waals surface area contributed by atoms with E-state index >= 15 is 0 Å². The SMILES string of the molecule is CCCCCCCCCCCCC(CC([O-])=NCCN=C([O-])CC(CCCCCCCCCCCC)C(=O)O)C(=O)O.[Na+].[Na+]. The van der Waals surface area contributed by atoms with E-state index in [4.69, 9.17) is 0 Å². The summed E-state index contributed by atoms with van der Waals surface area (Å²) >= 11 is 0. The van der Waals surface area contributed by atoms with Gasteiger partial charge in [-0.1, -0.05) is 142 Å². The molecule has 0 radical (unpaired) electrons. The van der Waals surface area contributed by atoms with Gasteiger partial charge in [-0.05, 0) is 37.5 Å². The first-order valence-corrected chi connectivity index (χ1v) is 17.2. The van der Waals surface area contributed by atoms with Crippen LogP contribution in [0.3, 0.4) is 0 Å². The van der Waals surface area contributed by atoms with Crippen LogP contribution in [0.4, 0.5) is 0 Å². The summed E-state index contributed by atoms with van der Waals surface area (Å²) in [5.41, 5.74) is 0. The van der Waals surface area contributed by atoms with Crippen LogP contribution in [0.25, 0.3) is 0 Å². The third kappa shape index (κ3) is 31.8. The molecule has 0 aromatic heterocycles. The van der Waals surface area contributed by atoms with E-state index in [1.54, 1.807) is 0 Å². The van der Waals surface area contributed by atoms with Gasteiger partial charge in [-0.15, -0.1) is 0 Å². The van der Waals surface area contributed by atoms with Gasteiger partial charge in [-0.2, -0.15) is 0 Å². The number of carbonyl (C=O) groups is 2. The topological polar surface area (TPSA) is 145 Å². The summed E-state index contributed by atoms with van der Waals surface area (Å²) in [6, 6.07) is 0.